The van der Waals surface area contributed by atoms with Crippen LogP contribution in [0.1, 0.15) is 40.2 Å². The van der Waals surface area contributed by atoms with Gasteiger partial charge in [-0.2, -0.15) is 4.37 Å². The molecular weight excluding hydrogens is 342 g/mol. The second kappa shape index (κ2) is 6.56. The van der Waals surface area contributed by atoms with Crippen LogP contribution in [0, 0.1) is 24.0 Å². The number of carbonyl (C=O) groups is 1. The van der Waals surface area contributed by atoms with E-state index in [0.717, 1.165) is 15.9 Å². The molecule has 0 N–H and O–H groups in total. The molecule has 2 heterocycles. The number of esters is 1. The second-order valence-corrected chi connectivity index (χ2v) is 6.45. The number of aryl methyl sites for hydroxylation is 2. The van der Waals surface area contributed by atoms with E-state index in [4.69, 9.17) is 4.74 Å². The van der Waals surface area contributed by atoms with Gasteiger partial charge in [-0.1, -0.05) is 12.1 Å². The Hall–Kier alpha value is -2.87. The third-order valence-corrected chi connectivity index (χ3v) is 4.79. The smallest absolute Gasteiger partial charge is 0.340 e. The molecule has 7 nitrogen and oxygen atoms in total. The van der Waals surface area contributed by atoms with Gasteiger partial charge < -0.3 is 4.74 Å². The molecule has 0 spiro atoms. The molecule has 0 aliphatic heterocycles. The van der Waals surface area contributed by atoms with Gasteiger partial charge in [0.05, 0.1) is 16.2 Å². The lowest BCUT2D eigenvalue weighted by molar-refractivity contribution is -0.385. The number of benzene rings is 1. The fourth-order valence-corrected chi connectivity index (χ4v) is 3.16. The third-order valence-electron chi connectivity index (χ3n) is 3.93. The first-order valence-corrected chi connectivity index (χ1v) is 8.32. The van der Waals surface area contributed by atoms with E-state index < -0.39 is 17.0 Å². The van der Waals surface area contributed by atoms with Crippen molar-refractivity contribution in [3.8, 4) is 0 Å². The topological polar surface area (TPSA) is 95.2 Å². The molecule has 8 heteroatoms. The average Bonchev–Trinajstić information content (AvgIpc) is 2.95. The predicted molar refractivity (Wildman–Crippen MR) is 93.8 cm³/mol. The highest BCUT2D eigenvalue weighted by Gasteiger charge is 2.19. The van der Waals surface area contributed by atoms with Crippen LogP contribution in [0.15, 0.2) is 30.5 Å². The van der Waals surface area contributed by atoms with E-state index in [9.17, 15) is 14.9 Å². The molecule has 3 aromatic rings. The van der Waals surface area contributed by atoms with Crippen molar-refractivity contribution in [2.45, 2.75) is 26.9 Å². The number of hydrogen-bond acceptors (Lipinski definition) is 7. The van der Waals surface area contributed by atoms with Crippen LogP contribution in [0.4, 0.5) is 5.69 Å². The van der Waals surface area contributed by atoms with Crippen LogP contribution in [-0.4, -0.2) is 20.3 Å². The van der Waals surface area contributed by atoms with Crippen LogP contribution >= 0.6 is 11.5 Å². The molecule has 0 saturated carbocycles. The first-order valence-electron chi connectivity index (χ1n) is 7.54. The van der Waals surface area contributed by atoms with Gasteiger partial charge in [0.15, 0.2) is 0 Å². The Morgan fingerprint density at radius 1 is 1.32 bits per heavy atom. The summed E-state index contributed by atoms with van der Waals surface area (Å²) >= 11 is 1.27. The molecule has 0 saturated heterocycles. The van der Waals surface area contributed by atoms with Crippen LogP contribution in [0.3, 0.4) is 0 Å². The molecule has 0 amide bonds. The van der Waals surface area contributed by atoms with Crippen LogP contribution in [-0.2, 0) is 4.74 Å². The fourth-order valence-electron chi connectivity index (χ4n) is 2.43. The van der Waals surface area contributed by atoms with Crippen molar-refractivity contribution in [3.63, 3.8) is 0 Å². The largest absolute Gasteiger partial charge is 0.454 e. The number of nitro groups is 1. The maximum Gasteiger partial charge on any atom is 0.340 e. The van der Waals surface area contributed by atoms with Gasteiger partial charge in [-0.25, -0.2) is 9.78 Å². The Bertz CT molecular complexity index is 983. The summed E-state index contributed by atoms with van der Waals surface area (Å²) in [4.78, 5) is 28.0. The summed E-state index contributed by atoms with van der Waals surface area (Å²) in [5.74, 6) is -0.532. The molecule has 3 rings (SSSR count). The van der Waals surface area contributed by atoms with E-state index in [1.807, 2.05) is 6.92 Å². The summed E-state index contributed by atoms with van der Waals surface area (Å²) in [6.07, 6.45) is 0.830. The van der Waals surface area contributed by atoms with E-state index in [-0.39, 0.29) is 5.69 Å². The summed E-state index contributed by atoms with van der Waals surface area (Å²) in [6, 6.07) is 6.50. The standard InChI is InChI=1S/C17H15N3O4S/c1-9-4-5-12(7-15(9)20(22)23)11(3)24-17(21)13-6-14-10(2)19-25-16(14)18-8-13/h4-8,11H,1-3H3/t11-/m0/s1. The average molecular weight is 357 g/mol. The predicted octanol–water partition coefficient (Wildman–Crippen LogP) is 4.13. The third kappa shape index (κ3) is 3.34. The van der Waals surface area contributed by atoms with Crippen molar-refractivity contribution in [3.05, 3.63) is 63.0 Å². The second-order valence-electron chi connectivity index (χ2n) is 5.70. The number of rotatable bonds is 4. The number of nitro benzene ring substituents is 1. The van der Waals surface area contributed by atoms with E-state index in [1.165, 1.54) is 23.8 Å². The van der Waals surface area contributed by atoms with Crippen LogP contribution in [0.5, 0.6) is 0 Å². The van der Waals surface area contributed by atoms with Gasteiger partial charge in [-0.3, -0.25) is 10.1 Å². The van der Waals surface area contributed by atoms with Crippen molar-refractivity contribution in [2.75, 3.05) is 0 Å². The normalized spacial score (nSPS) is 12.1. The molecule has 0 radical (unpaired) electrons. The zero-order chi connectivity index (χ0) is 18.1. The van der Waals surface area contributed by atoms with Gasteiger partial charge in [0.2, 0.25) is 0 Å². The number of aromatic nitrogens is 2. The number of fused-ring (bicyclic) bond motifs is 1. The summed E-state index contributed by atoms with van der Waals surface area (Å²) < 4.78 is 9.65. The van der Waals surface area contributed by atoms with Crippen molar-refractivity contribution in [2.24, 2.45) is 0 Å². The van der Waals surface area contributed by atoms with Crippen molar-refractivity contribution < 1.29 is 14.5 Å². The summed E-state index contributed by atoms with van der Waals surface area (Å²) in [6.45, 7) is 5.19. The van der Waals surface area contributed by atoms with E-state index in [2.05, 4.69) is 9.36 Å². The summed E-state index contributed by atoms with van der Waals surface area (Å²) in [5, 5.41) is 11.9. The van der Waals surface area contributed by atoms with E-state index >= 15 is 0 Å². The molecule has 1 aromatic carbocycles. The van der Waals surface area contributed by atoms with Gasteiger partial charge >= 0.3 is 5.97 Å². The fraction of sp³-hybridized carbons (Fsp3) is 0.235. The lowest BCUT2D eigenvalue weighted by Gasteiger charge is -2.14. The molecule has 0 bridgehead atoms. The van der Waals surface area contributed by atoms with Crippen LogP contribution in [0.2, 0.25) is 0 Å². The van der Waals surface area contributed by atoms with Crippen molar-refractivity contribution >= 4 is 33.4 Å². The number of nitrogens with zero attached hydrogens (tertiary/aromatic N) is 3. The lowest BCUT2D eigenvalue weighted by atomic mass is 10.1. The monoisotopic (exact) mass is 357 g/mol. The molecule has 0 unspecified atom stereocenters. The minimum Gasteiger partial charge on any atom is -0.454 e. The van der Waals surface area contributed by atoms with E-state index in [1.54, 1.807) is 32.0 Å². The van der Waals surface area contributed by atoms with Gasteiger partial charge in [-0.15, -0.1) is 0 Å². The van der Waals surface area contributed by atoms with Gasteiger partial charge in [0, 0.05) is 23.2 Å². The first-order chi connectivity index (χ1) is 11.9. The molecule has 2 aromatic heterocycles. The number of pyridine rings is 1. The Labute approximate surface area is 147 Å². The maximum absolute atomic E-state index is 12.4. The Balaban J connectivity index is 1.83. The van der Waals surface area contributed by atoms with Crippen LogP contribution < -0.4 is 0 Å². The Morgan fingerprint density at radius 3 is 2.80 bits per heavy atom. The summed E-state index contributed by atoms with van der Waals surface area (Å²) in [5.41, 5.74) is 2.26. The zero-order valence-electron chi connectivity index (χ0n) is 13.8. The maximum atomic E-state index is 12.4. The quantitative estimate of drug-likeness (QED) is 0.396. The van der Waals surface area contributed by atoms with Gasteiger partial charge in [0.1, 0.15) is 10.9 Å². The molecular formula is C17H15N3O4S. The van der Waals surface area contributed by atoms with Crippen molar-refractivity contribution in [1.82, 2.24) is 9.36 Å². The lowest BCUT2D eigenvalue weighted by Crippen LogP contribution is -2.10. The Morgan fingerprint density at radius 2 is 2.08 bits per heavy atom. The molecule has 0 fully saturated rings. The highest BCUT2D eigenvalue weighted by molar-refractivity contribution is 7.12. The molecule has 1 atom stereocenters. The van der Waals surface area contributed by atoms with Crippen LogP contribution in [0.25, 0.3) is 10.2 Å². The molecule has 25 heavy (non-hydrogen) atoms. The Kier molecular flexibility index (Phi) is 4.45. The minimum absolute atomic E-state index is 0.00320. The number of carbonyl (C=O) groups excluding carboxylic acids is 1. The minimum atomic E-state index is -0.621. The SMILES string of the molecule is Cc1ccc([C@H](C)OC(=O)c2cnc3snc(C)c3c2)cc1[N+](=O)[O-]. The number of hydrogen-bond donors (Lipinski definition) is 0. The first kappa shape index (κ1) is 17.0. The summed E-state index contributed by atoms with van der Waals surface area (Å²) in [7, 11) is 0. The highest BCUT2D eigenvalue weighted by Crippen LogP contribution is 2.26. The van der Waals surface area contributed by atoms with Gasteiger partial charge in [-0.05, 0) is 43.9 Å². The highest BCUT2D eigenvalue weighted by atomic mass is 32.1. The van der Waals surface area contributed by atoms with E-state index in [0.29, 0.717) is 16.7 Å². The molecule has 0 aliphatic rings. The molecule has 0 aliphatic carbocycles. The van der Waals surface area contributed by atoms with Crippen molar-refractivity contribution in [1.29, 1.82) is 0 Å². The molecule has 128 valence electrons. The number of ether oxygens (including phenoxy) is 1. The van der Waals surface area contributed by atoms with Gasteiger partial charge in [0.25, 0.3) is 5.69 Å². The zero-order valence-corrected chi connectivity index (χ0v) is 14.7.